The highest BCUT2D eigenvalue weighted by molar-refractivity contribution is 6.42. The SMILES string of the molecule is C=CC(=O)N1CC[C@@](Nc2cc(F)c3c(C)n(CC(N)=O)nc3c2)(c2c(F)ccc(Cl)c2Cl)C1. The lowest BCUT2D eigenvalue weighted by atomic mass is 9.87. The summed E-state index contributed by atoms with van der Waals surface area (Å²) in [5.74, 6) is -2.14. The number of nitrogens with two attached hydrogens (primary N) is 1. The maximum Gasteiger partial charge on any atom is 0.246 e. The van der Waals surface area contributed by atoms with Crippen LogP contribution in [0, 0.1) is 18.6 Å². The molecular formula is C23H21Cl2F2N5O2. The molecule has 0 saturated carbocycles. The van der Waals surface area contributed by atoms with E-state index in [1.165, 1.54) is 33.9 Å². The van der Waals surface area contributed by atoms with Gasteiger partial charge in [0, 0.05) is 30.0 Å². The molecule has 0 radical (unpaired) electrons. The van der Waals surface area contributed by atoms with Crippen LogP contribution < -0.4 is 11.1 Å². The number of carbonyl (C=O) groups excluding carboxylic acids is 2. The lowest BCUT2D eigenvalue weighted by Gasteiger charge is -2.33. The Morgan fingerprint density at radius 3 is 2.71 bits per heavy atom. The average molecular weight is 508 g/mol. The van der Waals surface area contributed by atoms with Crippen LogP contribution in [-0.4, -0.2) is 39.6 Å². The van der Waals surface area contributed by atoms with E-state index >= 15 is 8.78 Å². The number of amides is 2. The number of aryl methyl sites for hydroxylation is 1. The number of hydrogen-bond donors (Lipinski definition) is 2. The van der Waals surface area contributed by atoms with Crippen LogP contribution in [0.1, 0.15) is 17.7 Å². The minimum Gasteiger partial charge on any atom is -0.373 e. The van der Waals surface area contributed by atoms with Crippen molar-refractivity contribution in [3.8, 4) is 0 Å². The fourth-order valence-electron chi connectivity index (χ4n) is 4.47. The van der Waals surface area contributed by atoms with E-state index in [1.54, 1.807) is 13.0 Å². The van der Waals surface area contributed by atoms with Gasteiger partial charge in [-0.05, 0) is 43.7 Å². The van der Waals surface area contributed by atoms with Gasteiger partial charge in [0.25, 0.3) is 0 Å². The number of nitrogens with one attached hydrogen (secondary N) is 1. The summed E-state index contributed by atoms with van der Waals surface area (Å²) < 4.78 is 31.6. The molecular weight excluding hydrogens is 487 g/mol. The average Bonchev–Trinajstić information content (AvgIpc) is 3.32. The van der Waals surface area contributed by atoms with Crippen LogP contribution in [0.5, 0.6) is 0 Å². The summed E-state index contributed by atoms with van der Waals surface area (Å²) >= 11 is 12.6. The first kappa shape index (κ1) is 24.0. The van der Waals surface area contributed by atoms with Crippen molar-refractivity contribution >= 4 is 51.6 Å². The number of carbonyl (C=O) groups is 2. The van der Waals surface area contributed by atoms with Crippen LogP contribution in [0.4, 0.5) is 14.5 Å². The maximum absolute atomic E-state index is 15.1. The number of primary amides is 1. The molecule has 3 aromatic rings. The molecule has 34 heavy (non-hydrogen) atoms. The Bertz CT molecular complexity index is 1340. The minimum absolute atomic E-state index is 0.00481. The number of anilines is 1. The van der Waals surface area contributed by atoms with Crippen LogP contribution >= 0.6 is 23.2 Å². The molecule has 178 valence electrons. The zero-order valence-electron chi connectivity index (χ0n) is 18.2. The van der Waals surface area contributed by atoms with Crippen molar-refractivity contribution in [2.24, 2.45) is 5.73 Å². The summed E-state index contributed by atoms with van der Waals surface area (Å²) in [6, 6.07) is 5.38. The number of hydrogen-bond acceptors (Lipinski definition) is 4. The molecule has 4 rings (SSSR count). The lowest BCUT2D eigenvalue weighted by Crippen LogP contribution is -2.41. The monoisotopic (exact) mass is 507 g/mol. The second-order valence-corrected chi connectivity index (χ2v) is 8.99. The quantitative estimate of drug-likeness (QED) is 0.387. The second kappa shape index (κ2) is 8.88. The normalized spacial score (nSPS) is 17.9. The van der Waals surface area contributed by atoms with Gasteiger partial charge in [0.15, 0.2) is 0 Å². The van der Waals surface area contributed by atoms with Crippen molar-refractivity contribution in [2.75, 3.05) is 18.4 Å². The third-order valence-electron chi connectivity index (χ3n) is 6.01. The highest BCUT2D eigenvalue weighted by Crippen LogP contribution is 2.43. The Balaban J connectivity index is 1.83. The summed E-state index contributed by atoms with van der Waals surface area (Å²) in [6.07, 6.45) is 1.45. The Hall–Kier alpha value is -3.17. The fraction of sp³-hybridized carbons (Fsp3) is 0.261. The molecule has 1 fully saturated rings. The number of aromatic nitrogens is 2. The Morgan fingerprint density at radius 1 is 1.29 bits per heavy atom. The summed E-state index contributed by atoms with van der Waals surface area (Å²) in [6.45, 7) is 5.28. The van der Waals surface area contributed by atoms with Crippen LogP contribution in [0.3, 0.4) is 0 Å². The van der Waals surface area contributed by atoms with E-state index in [4.69, 9.17) is 28.9 Å². The highest BCUT2D eigenvalue weighted by atomic mass is 35.5. The van der Waals surface area contributed by atoms with Crippen LogP contribution in [0.25, 0.3) is 10.9 Å². The minimum atomic E-state index is -1.20. The van der Waals surface area contributed by atoms with Crippen molar-refractivity contribution in [3.63, 3.8) is 0 Å². The number of benzene rings is 2. The standard InChI is InChI=1S/C23H21Cl2F2N5O2/c1-3-19(34)31-7-6-23(11-31,21-15(26)5-4-14(24)22(21)25)29-13-8-16(27)20-12(2)32(10-18(28)33)30-17(20)9-13/h3-5,8-9,29H,1,6-7,10-11H2,2H3,(H2,28,33)/t23-/m0/s1. The van der Waals surface area contributed by atoms with Gasteiger partial charge in [-0.1, -0.05) is 29.8 Å². The van der Waals surface area contributed by atoms with Gasteiger partial charge in [-0.2, -0.15) is 5.10 Å². The first-order valence-electron chi connectivity index (χ1n) is 10.3. The van der Waals surface area contributed by atoms with E-state index in [0.717, 1.165) is 0 Å². The van der Waals surface area contributed by atoms with Crippen LogP contribution in [0.2, 0.25) is 10.0 Å². The number of fused-ring (bicyclic) bond motifs is 1. The van der Waals surface area contributed by atoms with E-state index in [0.29, 0.717) is 5.69 Å². The van der Waals surface area contributed by atoms with Gasteiger partial charge >= 0.3 is 0 Å². The predicted octanol–water partition coefficient (Wildman–Crippen LogP) is 4.14. The van der Waals surface area contributed by atoms with Crippen molar-refractivity contribution in [1.29, 1.82) is 0 Å². The van der Waals surface area contributed by atoms with E-state index < -0.39 is 23.1 Å². The van der Waals surface area contributed by atoms with Crippen molar-refractivity contribution in [1.82, 2.24) is 14.7 Å². The Kier molecular flexibility index (Phi) is 6.26. The van der Waals surface area contributed by atoms with Crippen molar-refractivity contribution in [2.45, 2.75) is 25.4 Å². The molecule has 2 heterocycles. The first-order chi connectivity index (χ1) is 16.1. The molecule has 1 aromatic heterocycles. The molecule has 7 nitrogen and oxygen atoms in total. The topological polar surface area (TPSA) is 93.3 Å². The molecule has 0 bridgehead atoms. The smallest absolute Gasteiger partial charge is 0.246 e. The molecule has 0 spiro atoms. The molecule has 1 aliphatic heterocycles. The molecule has 11 heteroatoms. The summed E-state index contributed by atoms with van der Waals surface area (Å²) in [7, 11) is 0. The first-order valence-corrected chi connectivity index (χ1v) is 11.1. The summed E-state index contributed by atoms with van der Waals surface area (Å²) in [5.41, 5.74) is 5.16. The van der Waals surface area contributed by atoms with Gasteiger partial charge < -0.3 is 16.0 Å². The van der Waals surface area contributed by atoms with Crippen LogP contribution in [-0.2, 0) is 21.7 Å². The highest BCUT2D eigenvalue weighted by Gasteiger charge is 2.44. The molecule has 1 saturated heterocycles. The molecule has 0 unspecified atom stereocenters. The molecule has 2 amide bonds. The van der Waals surface area contributed by atoms with Gasteiger partial charge in [0.1, 0.15) is 18.2 Å². The Labute approximate surface area is 204 Å². The predicted molar refractivity (Wildman–Crippen MR) is 127 cm³/mol. The van der Waals surface area contributed by atoms with E-state index in [1.807, 2.05) is 0 Å². The third-order valence-corrected chi connectivity index (χ3v) is 6.82. The number of rotatable bonds is 6. The molecule has 1 atom stereocenters. The second-order valence-electron chi connectivity index (χ2n) is 8.20. The maximum atomic E-state index is 15.1. The van der Waals surface area contributed by atoms with Crippen molar-refractivity contribution in [3.05, 3.63) is 69.9 Å². The number of likely N-dealkylation sites (tertiary alicyclic amines) is 1. The molecule has 0 aliphatic carbocycles. The summed E-state index contributed by atoms with van der Waals surface area (Å²) in [4.78, 5) is 25.1. The molecule has 3 N–H and O–H groups in total. The van der Waals surface area contributed by atoms with Gasteiger partial charge in [0.05, 0.1) is 26.5 Å². The lowest BCUT2D eigenvalue weighted by molar-refractivity contribution is -0.125. The van der Waals surface area contributed by atoms with E-state index in [9.17, 15) is 9.59 Å². The van der Waals surface area contributed by atoms with Crippen molar-refractivity contribution < 1.29 is 18.4 Å². The van der Waals surface area contributed by atoms with E-state index in [-0.39, 0.29) is 64.2 Å². The van der Waals surface area contributed by atoms with Gasteiger partial charge in [-0.25, -0.2) is 8.78 Å². The van der Waals surface area contributed by atoms with Gasteiger partial charge in [0.2, 0.25) is 11.8 Å². The van der Waals surface area contributed by atoms with Gasteiger partial charge in [-0.15, -0.1) is 0 Å². The van der Waals surface area contributed by atoms with E-state index in [2.05, 4.69) is 17.0 Å². The zero-order valence-corrected chi connectivity index (χ0v) is 19.7. The largest absolute Gasteiger partial charge is 0.373 e. The summed E-state index contributed by atoms with van der Waals surface area (Å²) in [5, 5.41) is 7.88. The Morgan fingerprint density at radius 2 is 2.03 bits per heavy atom. The molecule has 1 aliphatic rings. The third kappa shape index (κ3) is 4.10. The van der Waals surface area contributed by atoms with Gasteiger partial charge in [-0.3, -0.25) is 14.3 Å². The molecule has 2 aromatic carbocycles. The van der Waals surface area contributed by atoms with Crippen LogP contribution in [0.15, 0.2) is 36.9 Å². The fourth-order valence-corrected chi connectivity index (χ4v) is 4.97. The zero-order chi connectivity index (χ0) is 24.8. The number of nitrogens with zero attached hydrogens (tertiary/aromatic N) is 3. The number of halogens is 4.